The second-order valence-corrected chi connectivity index (χ2v) is 6.59. The lowest BCUT2D eigenvalue weighted by Gasteiger charge is -2.25. The van der Waals surface area contributed by atoms with Crippen molar-refractivity contribution in [1.82, 2.24) is 0 Å². The summed E-state index contributed by atoms with van der Waals surface area (Å²) in [7, 11) is 0. The highest BCUT2D eigenvalue weighted by molar-refractivity contribution is 6.31. The highest BCUT2D eigenvalue weighted by atomic mass is 35.5. The fourth-order valence-electron chi connectivity index (χ4n) is 3.04. The number of benzene rings is 3. The van der Waals surface area contributed by atoms with E-state index in [1.165, 1.54) is 17.0 Å². The summed E-state index contributed by atoms with van der Waals surface area (Å²) in [5.74, 6) is -0.860. The number of hydrogen-bond acceptors (Lipinski definition) is 3. The van der Waals surface area contributed by atoms with Gasteiger partial charge in [0.1, 0.15) is 18.0 Å². The Balaban J connectivity index is 2.03. The van der Waals surface area contributed by atoms with Crippen LogP contribution < -0.4 is 4.90 Å². The molecule has 0 unspecified atom stereocenters. The summed E-state index contributed by atoms with van der Waals surface area (Å²) in [5.41, 5.74) is 1.56. The zero-order valence-electron chi connectivity index (χ0n) is 15.3. The van der Waals surface area contributed by atoms with Crippen molar-refractivity contribution in [2.75, 3.05) is 4.90 Å². The maximum Gasteiger partial charge on any atom is 0.231 e. The third kappa shape index (κ3) is 4.27. The first kappa shape index (κ1) is 20.1. The first-order valence-corrected chi connectivity index (χ1v) is 9.18. The normalized spacial score (nSPS) is 10.1. The van der Waals surface area contributed by atoms with Crippen molar-refractivity contribution in [2.45, 2.75) is 12.8 Å². The van der Waals surface area contributed by atoms with E-state index >= 15 is 0 Å². The summed E-state index contributed by atoms with van der Waals surface area (Å²) >= 11 is 6.07. The number of halogens is 2. The molecule has 0 spiro atoms. The van der Waals surface area contributed by atoms with Gasteiger partial charge in [0.05, 0.1) is 22.5 Å². The van der Waals surface area contributed by atoms with Gasteiger partial charge in [-0.2, -0.15) is 10.5 Å². The molecule has 0 saturated heterocycles. The molecule has 0 bridgehead atoms. The van der Waals surface area contributed by atoms with E-state index < -0.39 is 5.82 Å². The molecule has 6 heteroatoms. The molecule has 0 atom stereocenters. The number of rotatable bonds is 5. The molecule has 3 aromatic carbocycles. The van der Waals surface area contributed by atoms with Gasteiger partial charge >= 0.3 is 0 Å². The highest BCUT2D eigenvalue weighted by Crippen LogP contribution is 2.32. The van der Waals surface area contributed by atoms with E-state index in [0.717, 1.165) is 0 Å². The average molecular weight is 404 g/mol. The van der Waals surface area contributed by atoms with Gasteiger partial charge in [0.15, 0.2) is 0 Å². The topological polar surface area (TPSA) is 67.9 Å². The fourth-order valence-corrected chi connectivity index (χ4v) is 3.30. The van der Waals surface area contributed by atoms with Crippen molar-refractivity contribution < 1.29 is 9.18 Å². The van der Waals surface area contributed by atoms with Crippen LogP contribution in [0.3, 0.4) is 0 Å². The van der Waals surface area contributed by atoms with Crippen LogP contribution in [0.25, 0.3) is 0 Å². The molecule has 0 aliphatic rings. The summed E-state index contributed by atoms with van der Waals surface area (Å²) in [6.07, 6.45) is 0.0322. The van der Waals surface area contributed by atoms with Crippen LogP contribution in [0.4, 0.5) is 15.8 Å². The van der Waals surface area contributed by atoms with Gasteiger partial charge in [0, 0.05) is 17.0 Å². The Morgan fingerprint density at radius 2 is 1.45 bits per heavy atom. The highest BCUT2D eigenvalue weighted by Gasteiger charge is 2.23. The molecular formula is C23H15ClFN3O. The standard InChI is InChI=1S/C23H15ClFN3O/c24-19-8-5-9-20(25)18(19)12-13-23(29)28(21-10-3-1-6-16(21)14-26)22-11-4-2-7-17(22)15-27/h1-11H,12-13H2. The minimum atomic E-state index is -0.480. The minimum absolute atomic E-state index is 0.0554. The molecular weight excluding hydrogens is 389 g/mol. The Hall–Kier alpha value is -3.67. The molecule has 0 aliphatic heterocycles. The zero-order valence-corrected chi connectivity index (χ0v) is 16.0. The molecule has 0 heterocycles. The first-order valence-electron chi connectivity index (χ1n) is 8.81. The maximum atomic E-state index is 14.1. The third-order valence-electron chi connectivity index (χ3n) is 4.43. The van der Waals surface area contributed by atoms with Gasteiger partial charge in [-0.25, -0.2) is 4.39 Å². The van der Waals surface area contributed by atoms with Crippen molar-refractivity contribution in [1.29, 1.82) is 10.5 Å². The molecule has 0 saturated carbocycles. The van der Waals surface area contributed by atoms with Crippen molar-refractivity contribution in [3.05, 3.63) is 94.3 Å². The lowest BCUT2D eigenvalue weighted by atomic mass is 10.1. The van der Waals surface area contributed by atoms with E-state index in [2.05, 4.69) is 12.1 Å². The van der Waals surface area contributed by atoms with Gasteiger partial charge in [-0.3, -0.25) is 9.69 Å². The molecule has 0 aromatic heterocycles. The minimum Gasteiger partial charge on any atom is -0.278 e. The molecule has 1 amide bonds. The van der Waals surface area contributed by atoms with Crippen molar-refractivity contribution in [3.8, 4) is 12.1 Å². The molecule has 0 radical (unpaired) electrons. The van der Waals surface area contributed by atoms with E-state index in [9.17, 15) is 19.7 Å². The molecule has 29 heavy (non-hydrogen) atoms. The van der Waals surface area contributed by atoms with E-state index in [0.29, 0.717) is 11.4 Å². The van der Waals surface area contributed by atoms with E-state index in [1.54, 1.807) is 54.6 Å². The third-order valence-corrected chi connectivity index (χ3v) is 4.78. The van der Waals surface area contributed by atoms with Gasteiger partial charge in [-0.15, -0.1) is 0 Å². The summed E-state index contributed by atoms with van der Waals surface area (Å²) in [6.45, 7) is 0. The van der Waals surface area contributed by atoms with Crippen LogP contribution in [0.5, 0.6) is 0 Å². The first-order chi connectivity index (χ1) is 14.1. The van der Waals surface area contributed by atoms with Crippen LogP contribution >= 0.6 is 11.6 Å². The Morgan fingerprint density at radius 3 is 1.97 bits per heavy atom. The summed E-state index contributed by atoms with van der Waals surface area (Å²) in [5, 5.41) is 19.2. The second kappa shape index (κ2) is 9.01. The van der Waals surface area contributed by atoms with Crippen molar-refractivity contribution >= 4 is 28.9 Å². The summed E-state index contributed by atoms with van der Waals surface area (Å²) in [4.78, 5) is 14.6. The predicted octanol–water partition coefficient (Wildman–Crippen LogP) is 5.52. The lowest BCUT2D eigenvalue weighted by molar-refractivity contribution is -0.117. The monoisotopic (exact) mass is 403 g/mol. The van der Waals surface area contributed by atoms with Crippen LogP contribution in [0.2, 0.25) is 5.02 Å². The van der Waals surface area contributed by atoms with Gasteiger partial charge in [0.2, 0.25) is 5.91 Å². The van der Waals surface area contributed by atoms with Crippen LogP contribution in [0.1, 0.15) is 23.1 Å². The van der Waals surface area contributed by atoms with Crippen LogP contribution in [0, 0.1) is 28.5 Å². The number of para-hydroxylation sites is 2. The Morgan fingerprint density at radius 1 is 0.897 bits per heavy atom. The SMILES string of the molecule is N#Cc1ccccc1N(C(=O)CCc1c(F)cccc1Cl)c1ccccc1C#N. The number of anilines is 2. The van der Waals surface area contributed by atoms with Gasteiger partial charge < -0.3 is 0 Å². The summed E-state index contributed by atoms with van der Waals surface area (Å²) < 4.78 is 14.1. The van der Waals surface area contributed by atoms with Crippen molar-refractivity contribution in [3.63, 3.8) is 0 Å². The molecule has 142 valence electrons. The number of amides is 1. The fraction of sp³-hybridized carbons (Fsp3) is 0.0870. The average Bonchev–Trinajstić information content (AvgIpc) is 2.74. The smallest absolute Gasteiger partial charge is 0.231 e. The Labute approximate surface area is 173 Å². The Bertz CT molecular complexity index is 1070. The van der Waals surface area contributed by atoms with E-state index in [-0.39, 0.29) is 40.5 Å². The molecule has 3 rings (SSSR count). The number of nitrogens with zero attached hydrogens (tertiary/aromatic N) is 3. The van der Waals surface area contributed by atoms with Crippen LogP contribution in [0.15, 0.2) is 66.7 Å². The number of carbonyl (C=O) groups is 1. The van der Waals surface area contributed by atoms with Crippen LogP contribution in [-0.2, 0) is 11.2 Å². The quantitative estimate of drug-likeness (QED) is 0.563. The zero-order chi connectivity index (χ0) is 20.8. The van der Waals surface area contributed by atoms with E-state index in [1.807, 2.05) is 0 Å². The maximum absolute atomic E-state index is 14.1. The molecule has 3 aromatic rings. The molecule has 0 N–H and O–H groups in total. The van der Waals surface area contributed by atoms with E-state index in [4.69, 9.17) is 11.6 Å². The van der Waals surface area contributed by atoms with Crippen molar-refractivity contribution in [2.24, 2.45) is 0 Å². The Kier molecular flexibility index (Phi) is 6.24. The second-order valence-electron chi connectivity index (χ2n) is 6.19. The van der Waals surface area contributed by atoms with Gasteiger partial charge in [-0.1, -0.05) is 41.9 Å². The summed E-state index contributed by atoms with van der Waals surface area (Å²) in [6, 6.07) is 21.8. The largest absolute Gasteiger partial charge is 0.278 e. The van der Waals surface area contributed by atoms with Gasteiger partial charge in [0.25, 0.3) is 0 Å². The number of carbonyl (C=O) groups excluding carboxylic acids is 1. The number of nitriles is 2. The lowest BCUT2D eigenvalue weighted by Crippen LogP contribution is -2.27. The molecule has 4 nitrogen and oxygen atoms in total. The molecule has 0 fully saturated rings. The predicted molar refractivity (Wildman–Crippen MR) is 109 cm³/mol. The van der Waals surface area contributed by atoms with Crippen LogP contribution in [-0.4, -0.2) is 5.91 Å². The number of hydrogen-bond donors (Lipinski definition) is 0. The van der Waals surface area contributed by atoms with Gasteiger partial charge in [-0.05, 0) is 42.8 Å². The molecule has 0 aliphatic carbocycles.